The molecular formula is C23H24FN8O2+. The van der Waals surface area contributed by atoms with Crippen molar-refractivity contribution in [1.29, 1.82) is 5.26 Å². The standard InChI is InChI=1S/C23H23FN8O2/c1-23(2,34)18(24)13-28-22(33)16-12-26-20(9-17(16)30-19-4-6-29-31(19)3)32-7-5-15-8-14(10-25)11-27-21(15)32/h5-9,11-12,18,34H,4,13H2,1-3H3,(H,28,33)/p+1/t18-/m1/s1. The highest BCUT2D eigenvalue weighted by Crippen LogP contribution is 2.23. The van der Waals surface area contributed by atoms with E-state index in [0.717, 1.165) is 11.2 Å². The molecule has 11 heteroatoms. The van der Waals surface area contributed by atoms with Gasteiger partial charge < -0.3 is 10.4 Å². The van der Waals surface area contributed by atoms with Crippen LogP contribution >= 0.6 is 0 Å². The first-order valence-corrected chi connectivity index (χ1v) is 10.6. The first-order valence-electron chi connectivity index (χ1n) is 10.6. The quantitative estimate of drug-likeness (QED) is 0.479. The van der Waals surface area contributed by atoms with E-state index in [2.05, 4.69) is 31.8 Å². The molecule has 34 heavy (non-hydrogen) atoms. The average molecular weight is 463 g/mol. The highest BCUT2D eigenvalue weighted by atomic mass is 19.1. The number of hydrazone groups is 1. The summed E-state index contributed by atoms with van der Waals surface area (Å²) in [7, 11) is 1.78. The van der Waals surface area contributed by atoms with Crippen LogP contribution in [0.25, 0.3) is 16.9 Å². The van der Waals surface area contributed by atoms with Crippen molar-refractivity contribution >= 4 is 34.7 Å². The normalized spacial score (nSPS) is 14.4. The molecule has 0 fully saturated rings. The molecule has 0 saturated heterocycles. The van der Waals surface area contributed by atoms with Crippen molar-refractivity contribution in [3.05, 3.63) is 47.9 Å². The number of halogens is 1. The van der Waals surface area contributed by atoms with Crippen molar-refractivity contribution in [3.63, 3.8) is 0 Å². The molecule has 3 aromatic rings. The van der Waals surface area contributed by atoms with E-state index in [1.165, 1.54) is 26.2 Å². The molecule has 174 valence electrons. The number of nitrogens with zero attached hydrogens (tertiary/aromatic N) is 6. The lowest BCUT2D eigenvalue weighted by atomic mass is 10.0. The van der Waals surface area contributed by atoms with E-state index in [1.54, 1.807) is 40.8 Å². The van der Waals surface area contributed by atoms with Gasteiger partial charge in [0.25, 0.3) is 11.7 Å². The third-order valence-electron chi connectivity index (χ3n) is 5.45. The monoisotopic (exact) mass is 463 g/mol. The number of aromatic nitrogens is 3. The fraction of sp³-hybridized carbons (Fsp3) is 0.304. The van der Waals surface area contributed by atoms with Crippen LogP contribution in [0.1, 0.15) is 36.2 Å². The number of nitrogens with one attached hydrogen (secondary N) is 2. The molecule has 0 aromatic carbocycles. The molecule has 4 rings (SSSR count). The maximum Gasteiger partial charge on any atom is 0.280 e. The number of amides is 1. The number of fused-ring (bicyclic) bond motifs is 1. The second-order valence-electron chi connectivity index (χ2n) is 8.45. The first-order chi connectivity index (χ1) is 16.2. The summed E-state index contributed by atoms with van der Waals surface area (Å²) in [6, 6.07) is 7.31. The van der Waals surface area contributed by atoms with Gasteiger partial charge in [0.15, 0.2) is 0 Å². The number of anilines is 1. The minimum atomic E-state index is -1.64. The Morgan fingerprint density at radius 1 is 1.38 bits per heavy atom. The molecule has 1 aliphatic heterocycles. The number of hydrogen-bond acceptors (Lipinski definition) is 7. The average Bonchev–Trinajstić information content (AvgIpc) is 3.41. The number of pyridine rings is 2. The Bertz CT molecular complexity index is 1360. The summed E-state index contributed by atoms with van der Waals surface area (Å²) in [4.78, 5) is 21.7. The van der Waals surface area contributed by atoms with E-state index in [4.69, 9.17) is 5.26 Å². The molecule has 1 aliphatic rings. The molecule has 1 amide bonds. The number of amidine groups is 1. The van der Waals surface area contributed by atoms with E-state index in [1.807, 2.05) is 6.07 Å². The maximum absolute atomic E-state index is 14.2. The molecule has 0 spiro atoms. The summed E-state index contributed by atoms with van der Waals surface area (Å²) in [5.41, 5.74) is 0.128. The van der Waals surface area contributed by atoms with Crippen LogP contribution in [0.2, 0.25) is 0 Å². The second-order valence-corrected chi connectivity index (χ2v) is 8.45. The molecule has 3 aromatic heterocycles. The smallest absolute Gasteiger partial charge is 0.280 e. The van der Waals surface area contributed by atoms with Crippen molar-refractivity contribution in [1.82, 2.24) is 19.9 Å². The van der Waals surface area contributed by atoms with E-state index in [-0.39, 0.29) is 12.1 Å². The van der Waals surface area contributed by atoms with Crippen LogP contribution in [-0.2, 0) is 0 Å². The van der Waals surface area contributed by atoms with Gasteiger partial charge in [-0.2, -0.15) is 5.26 Å². The van der Waals surface area contributed by atoms with Gasteiger partial charge in [0, 0.05) is 30.0 Å². The molecule has 10 nitrogen and oxygen atoms in total. The summed E-state index contributed by atoms with van der Waals surface area (Å²) in [6.07, 6.45) is 5.30. The number of nitriles is 1. The van der Waals surface area contributed by atoms with Gasteiger partial charge in [0.2, 0.25) is 0 Å². The summed E-state index contributed by atoms with van der Waals surface area (Å²) in [6.45, 7) is 2.33. The van der Waals surface area contributed by atoms with E-state index in [0.29, 0.717) is 29.1 Å². The Morgan fingerprint density at radius 2 is 2.18 bits per heavy atom. The third kappa shape index (κ3) is 4.62. The van der Waals surface area contributed by atoms with E-state index >= 15 is 0 Å². The largest absolute Gasteiger partial charge is 0.387 e. The van der Waals surface area contributed by atoms with E-state index < -0.39 is 17.7 Å². The summed E-state index contributed by atoms with van der Waals surface area (Å²) in [5, 5.41) is 29.6. The zero-order valence-corrected chi connectivity index (χ0v) is 18.9. The van der Waals surface area contributed by atoms with Crippen molar-refractivity contribution < 1.29 is 19.0 Å². The predicted octanol–water partition coefficient (Wildman–Crippen LogP) is 1.97. The Kier molecular flexibility index (Phi) is 6.08. The van der Waals surface area contributed by atoms with Gasteiger partial charge in [-0.05, 0) is 26.0 Å². The van der Waals surface area contributed by atoms with Gasteiger partial charge in [-0.25, -0.2) is 19.7 Å². The zero-order chi connectivity index (χ0) is 24.5. The number of alkyl halides is 1. The molecule has 0 radical (unpaired) electrons. The molecule has 0 saturated carbocycles. The van der Waals surface area contributed by atoms with Crippen molar-refractivity contribution in [2.24, 2.45) is 5.10 Å². The van der Waals surface area contributed by atoms with Gasteiger partial charge in [-0.3, -0.25) is 9.36 Å². The van der Waals surface area contributed by atoms with Crippen LogP contribution in [0, 0.1) is 11.3 Å². The van der Waals surface area contributed by atoms with E-state index in [9.17, 15) is 14.3 Å². The van der Waals surface area contributed by atoms with Crippen LogP contribution in [0.4, 0.5) is 10.1 Å². The van der Waals surface area contributed by atoms with Crippen molar-refractivity contribution in [2.75, 3.05) is 18.9 Å². The Balaban J connectivity index is 1.69. The highest BCUT2D eigenvalue weighted by molar-refractivity contribution is 6.07. The Labute approximate surface area is 195 Å². The lowest BCUT2D eigenvalue weighted by molar-refractivity contribution is -0.499. The topological polar surface area (TPSA) is 131 Å². The van der Waals surface area contributed by atoms with Crippen LogP contribution in [-0.4, -0.2) is 67.6 Å². The molecule has 0 aliphatic carbocycles. The van der Waals surface area contributed by atoms with Gasteiger partial charge in [-0.1, -0.05) is 5.10 Å². The maximum atomic E-state index is 14.2. The highest BCUT2D eigenvalue weighted by Gasteiger charge is 2.28. The lowest BCUT2D eigenvalue weighted by Crippen LogP contribution is -2.42. The van der Waals surface area contributed by atoms with Gasteiger partial charge in [-0.15, -0.1) is 4.68 Å². The number of carbonyl (C=O) groups is 1. The number of hydrogen-bond donors (Lipinski definition) is 3. The minimum absolute atomic E-state index is 0.204. The first kappa shape index (κ1) is 23.0. The van der Waals surface area contributed by atoms with Crippen molar-refractivity contribution in [3.8, 4) is 11.9 Å². The Morgan fingerprint density at radius 3 is 2.85 bits per heavy atom. The Hall–Kier alpha value is -4.17. The molecule has 4 heterocycles. The number of aliphatic hydroxyl groups is 1. The second kappa shape index (κ2) is 8.99. The molecule has 3 N–H and O–H groups in total. The van der Waals surface area contributed by atoms with Crippen molar-refractivity contribution in [2.45, 2.75) is 32.0 Å². The number of carbonyl (C=O) groups excluding carboxylic acids is 1. The number of rotatable bonds is 6. The summed E-state index contributed by atoms with van der Waals surface area (Å²) < 4.78 is 17.6. The summed E-state index contributed by atoms with van der Waals surface area (Å²) >= 11 is 0. The van der Waals surface area contributed by atoms with Gasteiger partial charge in [0.05, 0.1) is 30.3 Å². The fourth-order valence-electron chi connectivity index (χ4n) is 3.40. The predicted molar refractivity (Wildman–Crippen MR) is 125 cm³/mol. The third-order valence-corrected chi connectivity index (χ3v) is 5.45. The van der Waals surface area contributed by atoms with Gasteiger partial charge >= 0.3 is 0 Å². The SMILES string of the molecule is C[N+]1=C(Nc2cc(-n3ccc4cc(C#N)cnc43)ncc2C(=O)NC[C@@H](F)C(C)(C)O)CC=N1. The van der Waals surface area contributed by atoms with Crippen LogP contribution in [0.15, 0.2) is 41.9 Å². The molecular weight excluding hydrogens is 439 g/mol. The zero-order valence-electron chi connectivity index (χ0n) is 18.9. The van der Waals surface area contributed by atoms with Gasteiger partial charge in [0.1, 0.15) is 42.0 Å². The van der Waals surface area contributed by atoms with Crippen LogP contribution < -0.4 is 10.6 Å². The fourth-order valence-corrected chi connectivity index (χ4v) is 3.40. The van der Waals surface area contributed by atoms with Crippen LogP contribution in [0.5, 0.6) is 0 Å². The van der Waals surface area contributed by atoms with Crippen LogP contribution in [0.3, 0.4) is 0 Å². The molecule has 1 atom stereocenters. The summed E-state index contributed by atoms with van der Waals surface area (Å²) in [5.74, 6) is 0.707. The molecule has 0 unspecified atom stereocenters. The lowest BCUT2D eigenvalue weighted by Gasteiger charge is -2.22. The minimum Gasteiger partial charge on any atom is -0.387 e. The molecule has 0 bridgehead atoms.